The van der Waals surface area contributed by atoms with E-state index in [0.717, 1.165) is 80.7 Å². The van der Waals surface area contributed by atoms with Crippen LogP contribution < -0.4 is 20.8 Å². The summed E-state index contributed by atoms with van der Waals surface area (Å²) in [6.45, 7) is 22.4. The van der Waals surface area contributed by atoms with E-state index in [4.69, 9.17) is 12.6 Å². The molecule has 0 bridgehead atoms. The lowest BCUT2D eigenvalue weighted by Gasteiger charge is -2.43. The fourth-order valence-corrected chi connectivity index (χ4v) is 5.98. The van der Waals surface area contributed by atoms with E-state index in [2.05, 4.69) is 74.1 Å². The van der Waals surface area contributed by atoms with Gasteiger partial charge in [-0.1, -0.05) is 31.9 Å². The minimum absolute atomic E-state index is 0.0589. The van der Waals surface area contributed by atoms with E-state index >= 15 is 4.39 Å². The van der Waals surface area contributed by atoms with Gasteiger partial charge in [-0.05, 0) is 42.2 Å². The summed E-state index contributed by atoms with van der Waals surface area (Å²) in [5.74, 6) is 1.38. The van der Waals surface area contributed by atoms with Crippen LogP contribution >= 0.6 is 0 Å². The molecule has 2 radical (unpaired) electrons. The Morgan fingerprint density at radius 2 is 1.78 bits per heavy atom. The number of anilines is 2. The molecule has 0 unspecified atom stereocenters. The van der Waals surface area contributed by atoms with Crippen molar-refractivity contribution in [3.63, 3.8) is 0 Å². The molecule has 11 heteroatoms. The van der Waals surface area contributed by atoms with Crippen molar-refractivity contribution >= 4 is 36.2 Å². The number of rotatable bonds is 10. The van der Waals surface area contributed by atoms with Crippen molar-refractivity contribution in [2.75, 3.05) is 64.3 Å². The number of hydrogen-bond donors (Lipinski definition) is 2. The van der Waals surface area contributed by atoms with Crippen LogP contribution in [0.2, 0.25) is 0 Å². The number of ether oxygens (including phenoxy) is 1. The van der Waals surface area contributed by atoms with Crippen molar-refractivity contribution in [2.24, 2.45) is 0 Å². The third-order valence-electron chi connectivity index (χ3n) is 8.51. The predicted molar refractivity (Wildman–Crippen MR) is 180 cm³/mol. The molecule has 6 rings (SSSR count). The SMILES string of the molecule is [B]c1c(OCC=C)ccc(-c2cnc3c(Nc4ccc(C(=C)N5CCN(C(=C)N6CCNCC6)CC5)c(C)c4)nccn23)c1F. The smallest absolute Gasteiger partial charge is 0.180 e. The first kappa shape index (κ1) is 30.3. The predicted octanol–water partition coefficient (Wildman–Crippen LogP) is 3.91. The first-order chi connectivity index (χ1) is 21.9. The van der Waals surface area contributed by atoms with Crippen LogP contribution in [0.25, 0.3) is 22.6 Å². The molecule has 2 saturated heterocycles. The van der Waals surface area contributed by atoms with E-state index in [1.165, 1.54) is 0 Å². The zero-order valence-electron chi connectivity index (χ0n) is 25.7. The second-order valence-electron chi connectivity index (χ2n) is 11.3. The van der Waals surface area contributed by atoms with E-state index in [0.29, 0.717) is 22.7 Å². The topological polar surface area (TPSA) is 73.2 Å². The van der Waals surface area contributed by atoms with Crippen LogP contribution in [0.3, 0.4) is 0 Å². The van der Waals surface area contributed by atoms with Crippen LogP contribution in [0.4, 0.5) is 15.9 Å². The van der Waals surface area contributed by atoms with E-state index in [1.54, 1.807) is 41.2 Å². The van der Waals surface area contributed by atoms with Crippen molar-refractivity contribution in [3.05, 3.63) is 97.5 Å². The summed E-state index contributed by atoms with van der Waals surface area (Å²) in [6.07, 6.45) is 6.60. The highest BCUT2D eigenvalue weighted by atomic mass is 19.1. The quantitative estimate of drug-likeness (QED) is 0.209. The molecular formula is C34H38BFN8O. The van der Waals surface area contributed by atoms with E-state index in [-0.39, 0.29) is 17.8 Å². The maximum atomic E-state index is 15.3. The number of benzene rings is 2. The van der Waals surface area contributed by atoms with Gasteiger partial charge in [-0.15, -0.1) is 0 Å². The lowest BCUT2D eigenvalue weighted by molar-refractivity contribution is 0.147. The Morgan fingerprint density at radius 3 is 2.51 bits per heavy atom. The lowest BCUT2D eigenvalue weighted by Crippen LogP contribution is -2.51. The van der Waals surface area contributed by atoms with Gasteiger partial charge in [0.25, 0.3) is 0 Å². The zero-order valence-corrected chi connectivity index (χ0v) is 25.7. The van der Waals surface area contributed by atoms with Crippen molar-refractivity contribution in [1.82, 2.24) is 34.4 Å². The minimum Gasteiger partial charge on any atom is -0.490 e. The highest BCUT2D eigenvalue weighted by Gasteiger charge is 2.24. The average Bonchev–Trinajstić information content (AvgIpc) is 3.50. The molecule has 4 heterocycles. The average molecular weight is 605 g/mol. The largest absolute Gasteiger partial charge is 0.490 e. The Morgan fingerprint density at radius 1 is 1.04 bits per heavy atom. The number of nitrogens with one attached hydrogen (secondary N) is 2. The van der Waals surface area contributed by atoms with Gasteiger partial charge < -0.3 is 30.1 Å². The van der Waals surface area contributed by atoms with Crippen LogP contribution in [0.1, 0.15) is 11.1 Å². The molecular weight excluding hydrogens is 566 g/mol. The Bertz CT molecular complexity index is 1740. The van der Waals surface area contributed by atoms with Crippen molar-refractivity contribution in [2.45, 2.75) is 6.92 Å². The summed E-state index contributed by atoms with van der Waals surface area (Å²) in [5.41, 5.74) is 5.46. The van der Waals surface area contributed by atoms with Gasteiger partial charge in [-0.25, -0.2) is 14.4 Å². The van der Waals surface area contributed by atoms with E-state index in [1.807, 2.05) is 6.07 Å². The number of piperazine rings is 2. The highest BCUT2D eigenvalue weighted by Crippen LogP contribution is 2.30. The van der Waals surface area contributed by atoms with Gasteiger partial charge in [-0.3, -0.25) is 4.40 Å². The molecule has 4 aromatic rings. The summed E-state index contributed by atoms with van der Waals surface area (Å²) in [6, 6.07) is 9.49. The maximum Gasteiger partial charge on any atom is 0.180 e. The summed E-state index contributed by atoms with van der Waals surface area (Å²) in [4.78, 5) is 16.2. The summed E-state index contributed by atoms with van der Waals surface area (Å²) in [7, 11) is 6.04. The standard InChI is InChI=1S/C34H38BFN8O/c1-5-20-45-30-9-8-28(32(36)31(30)35)29-22-39-34-33(38-12-15-44(29)34)40-26-6-7-27(23(2)21-26)24(3)41-16-18-43(19-17-41)25(4)42-13-10-37-11-14-42/h5-9,12,15,21-22,37H,1,3-4,10-11,13-14,16-20H2,2H3,(H,38,40). The monoisotopic (exact) mass is 604 g/mol. The molecule has 0 amide bonds. The van der Waals surface area contributed by atoms with Crippen LogP contribution in [0.15, 0.2) is 80.6 Å². The van der Waals surface area contributed by atoms with Crippen LogP contribution in [0.5, 0.6) is 5.75 Å². The second kappa shape index (κ2) is 13.1. The maximum absolute atomic E-state index is 15.3. The van der Waals surface area contributed by atoms with Crippen LogP contribution in [0, 0.1) is 12.7 Å². The van der Waals surface area contributed by atoms with Crippen molar-refractivity contribution in [3.8, 4) is 17.0 Å². The van der Waals surface area contributed by atoms with Gasteiger partial charge in [-0.2, -0.15) is 0 Å². The normalized spacial score (nSPS) is 15.3. The number of aryl methyl sites for hydroxylation is 1. The third kappa shape index (κ3) is 6.13. The third-order valence-corrected chi connectivity index (χ3v) is 8.51. The number of imidazole rings is 1. The van der Waals surface area contributed by atoms with E-state index in [9.17, 15) is 0 Å². The van der Waals surface area contributed by atoms with Crippen LogP contribution in [-0.2, 0) is 0 Å². The van der Waals surface area contributed by atoms with Crippen molar-refractivity contribution in [1.29, 1.82) is 0 Å². The zero-order chi connectivity index (χ0) is 31.5. The first-order valence-corrected chi connectivity index (χ1v) is 15.2. The molecule has 0 atom stereocenters. The fourth-order valence-electron chi connectivity index (χ4n) is 5.98. The van der Waals surface area contributed by atoms with Gasteiger partial charge in [0.05, 0.1) is 17.7 Å². The molecule has 45 heavy (non-hydrogen) atoms. The van der Waals surface area contributed by atoms with Gasteiger partial charge in [0.2, 0.25) is 0 Å². The Balaban J connectivity index is 1.14. The van der Waals surface area contributed by atoms with E-state index < -0.39 is 5.82 Å². The molecule has 2 aromatic heterocycles. The fraction of sp³-hybridized carbons (Fsp3) is 0.294. The van der Waals surface area contributed by atoms with Gasteiger partial charge in [0.1, 0.15) is 26.0 Å². The first-order valence-electron chi connectivity index (χ1n) is 15.2. The Labute approximate surface area is 265 Å². The summed E-state index contributed by atoms with van der Waals surface area (Å²) in [5, 5.41) is 6.80. The highest BCUT2D eigenvalue weighted by molar-refractivity contribution is 6.34. The summed E-state index contributed by atoms with van der Waals surface area (Å²) >= 11 is 0. The minimum atomic E-state index is -0.568. The Hall–Kier alpha value is -4.77. The molecule has 2 aliphatic rings. The van der Waals surface area contributed by atoms with Gasteiger partial charge in [0.15, 0.2) is 11.5 Å². The number of aromatic nitrogens is 3. The molecule has 0 aliphatic carbocycles. The number of fused-ring (bicyclic) bond motifs is 1. The molecule has 230 valence electrons. The van der Waals surface area contributed by atoms with Gasteiger partial charge in [0, 0.05) is 87.3 Å². The molecule has 2 aromatic carbocycles. The second-order valence-corrected chi connectivity index (χ2v) is 11.3. The molecule has 0 saturated carbocycles. The Kier molecular flexibility index (Phi) is 8.79. The van der Waals surface area contributed by atoms with Crippen LogP contribution in [-0.4, -0.2) is 95.9 Å². The van der Waals surface area contributed by atoms with Crippen molar-refractivity contribution < 1.29 is 9.13 Å². The molecule has 2 aliphatic heterocycles. The van der Waals surface area contributed by atoms with Gasteiger partial charge >= 0.3 is 0 Å². The molecule has 2 fully saturated rings. The number of nitrogens with zero attached hydrogens (tertiary/aromatic N) is 6. The molecule has 0 spiro atoms. The molecule has 2 N–H and O–H groups in total. The molecule has 9 nitrogen and oxygen atoms in total. The number of halogens is 1. The number of hydrogen-bond acceptors (Lipinski definition) is 8. The summed E-state index contributed by atoms with van der Waals surface area (Å²) < 4.78 is 22.6. The lowest BCUT2D eigenvalue weighted by atomic mass is 9.91.